The first kappa shape index (κ1) is 10.7. The van der Waals surface area contributed by atoms with Crippen molar-refractivity contribution in [1.82, 2.24) is 0 Å². The summed E-state index contributed by atoms with van der Waals surface area (Å²) in [5.41, 5.74) is -2.72. The molecule has 2 N–H and O–H groups in total. The zero-order valence-corrected chi connectivity index (χ0v) is 6.15. The second-order valence-corrected chi connectivity index (χ2v) is 2.36. The Balaban J connectivity index is 4.33. The fourth-order valence-corrected chi connectivity index (χ4v) is 0.704. The molecule has 0 fully saturated rings. The van der Waals surface area contributed by atoms with Crippen LogP contribution in [0.2, 0.25) is 0 Å². The Bertz CT molecular complexity index is 123. The van der Waals surface area contributed by atoms with Crippen LogP contribution in [0.25, 0.3) is 0 Å². The zero-order valence-electron chi connectivity index (χ0n) is 6.15. The first-order valence-electron chi connectivity index (χ1n) is 3.27. The molecule has 0 amide bonds. The van der Waals surface area contributed by atoms with Gasteiger partial charge in [0.15, 0.2) is 5.60 Å². The van der Waals surface area contributed by atoms with Crippen LogP contribution in [0.1, 0.15) is 19.8 Å². The van der Waals surface area contributed by atoms with Gasteiger partial charge in [-0.2, -0.15) is 13.2 Å². The summed E-state index contributed by atoms with van der Waals surface area (Å²) in [5, 5.41) is 17.1. The molecule has 0 aliphatic rings. The monoisotopic (exact) mass is 172 g/mol. The smallest absolute Gasteiger partial charge is 0.396 e. The summed E-state index contributed by atoms with van der Waals surface area (Å²) in [5.74, 6) is 0. The maximum atomic E-state index is 11.9. The minimum atomic E-state index is -4.65. The van der Waals surface area contributed by atoms with Gasteiger partial charge in [-0.05, 0) is 6.42 Å². The number of rotatable bonds is 3. The van der Waals surface area contributed by atoms with Crippen molar-refractivity contribution in [3.8, 4) is 0 Å². The van der Waals surface area contributed by atoms with Gasteiger partial charge in [0.1, 0.15) is 0 Å². The highest BCUT2D eigenvalue weighted by Crippen LogP contribution is 2.35. The summed E-state index contributed by atoms with van der Waals surface area (Å²) in [6.45, 7) is 0.562. The van der Waals surface area contributed by atoms with E-state index >= 15 is 0 Å². The van der Waals surface area contributed by atoms with Crippen molar-refractivity contribution in [1.29, 1.82) is 0 Å². The first-order valence-corrected chi connectivity index (χ1v) is 3.27. The Labute approximate surface area is 62.6 Å². The van der Waals surface area contributed by atoms with E-state index in [-0.39, 0.29) is 0 Å². The minimum Gasteiger partial charge on any atom is -0.396 e. The van der Waals surface area contributed by atoms with Crippen molar-refractivity contribution < 1.29 is 23.4 Å². The molecular weight excluding hydrogens is 161 g/mol. The highest BCUT2D eigenvalue weighted by atomic mass is 19.4. The fourth-order valence-electron chi connectivity index (χ4n) is 0.704. The lowest BCUT2D eigenvalue weighted by Gasteiger charge is -2.28. The highest BCUT2D eigenvalue weighted by molar-refractivity contribution is 4.84. The average Bonchev–Trinajstić information content (AvgIpc) is 1.86. The number of aliphatic hydroxyl groups is 2. The number of aliphatic hydroxyl groups excluding tert-OH is 1. The molecule has 0 bridgehead atoms. The quantitative estimate of drug-likeness (QED) is 0.668. The average molecular weight is 172 g/mol. The highest BCUT2D eigenvalue weighted by Gasteiger charge is 2.51. The van der Waals surface area contributed by atoms with Crippen LogP contribution >= 0.6 is 0 Å². The molecule has 0 aromatic heterocycles. The predicted molar refractivity (Wildman–Crippen MR) is 33.0 cm³/mol. The third-order valence-corrected chi connectivity index (χ3v) is 1.64. The molecule has 1 atom stereocenters. The molecule has 0 spiro atoms. The third kappa shape index (κ3) is 2.34. The molecule has 0 aromatic rings. The number of hydrogen-bond donors (Lipinski definition) is 2. The van der Waals surface area contributed by atoms with E-state index in [9.17, 15) is 13.2 Å². The van der Waals surface area contributed by atoms with Crippen LogP contribution in [0.3, 0.4) is 0 Å². The Morgan fingerprint density at radius 3 is 1.82 bits per heavy atom. The molecule has 68 valence electrons. The van der Waals surface area contributed by atoms with E-state index in [1.807, 2.05) is 0 Å². The van der Waals surface area contributed by atoms with Crippen molar-refractivity contribution in [3.05, 3.63) is 0 Å². The summed E-state index contributed by atoms with van der Waals surface area (Å²) >= 11 is 0. The minimum absolute atomic E-state index is 0.433. The van der Waals surface area contributed by atoms with Crippen LogP contribution in [0.4, 0.5) is 13.2 Å². The van der Waals surface area contributed by atoms with Crippen LogP contribution in [0.5, 0.6) is 0 Å². The van der Waals surface area contributed by atoms with Crippen molar-refractivity contribution in [3.63, 3.8) is 0 Å². The maximum Gasteiger partial charge on any atom is 0.417 e. The third-order valence-electron chi connectivity index (χ3n) is 1.64. The van der Waals surface area contributed by atoms with Crippen LogP contribution in [0, 0.1) is 0 Å². The van der Waals surface area contributed by atoms with E-state index in [4.69, 9.17) is 10.2 Å². The van der Waals surface area contributed by atoms with Crippen molar-refractivity contribution >= 4 is 0 Å². The van der Waals surface area contributed by atoms with Crippen LogP contribution in [-0.2, 0) is 0 Å². The Morgan fingerprint density at radius 1 is 1.27 bits per heavy atom. The molecule has 0 rings (SSSR count). The predicted octanol–water partition coefficient (Wildman–Crippen LogP) is 1.07. The molecule has 11 heavy (non-hydrogen) atoms. The molecule has 5 heteroatoms. The Morgan fingerprint density at radius 2 is 1.73 bits per heavy atom. The molecular formula is C6H11F3O2. The molecule has 0 radical (unpaired) electrons. The van der Waals surface area contributed by atoms with Crippen LogP contribution in [0.15, 0.2) is 0 Å². The summed E-state index contributed by atoms with van der Waals surface area (Å²) in [4.78, 5) is 0. The molecule has 0 heterocycles. The van der Waals surface area contributed by atoms with Gasteiger partial charge in [-0.25, -0.2) is 0 Å². The van der Waals surface area contributed by atoms with Gasteiger partial charge in [-0.3, -0.25) is 0 Å². The van der Waals surface area contributed by atoms with Crippen LogP contribution in [-0.4, -0.2) is 28.6 Å². The van der Waals surface area contributed by atoms with Gasteiger partial charge in [0, 0.05) is 13.0 Å². The Hall–Kier alpha value is -0.290. The molecule has 0 aromatic carbocycles. The second-order valence-electron chi connectivity index (χ2n) is 2.36. The number of halogens is 3. The normalized spacial score (nSPS) is 18.0. The summed E-state index contributed by atoms with van der Waals surface area (Å²) in [7, 11) is 0. The molecule has 2 nitrogen and oxygen atoms in total. The lowest BCUT2D eigenvalue weighted by molar-refractivity contribution is -0.265. The van der Waals surface area contributed by atoms with Crippen molar-refractivity contribution in [2.75, 3.05) is 6.61 Å². The molecule has 1 unspecified atom stereocenters. The standard InChI is InChI=1S/C6H11F3O2/c1-2-5(11,3-4-10)6(7,8)9/h10-11H,2-4H2,1H3. The van der Waals surface area contributed by atoms with E-state index in [1.165, 1.54) is 6.92 Å². The molecule has 0 saturated heterocycles. The number of hydrogen-bond acceptors (Lipinski definition) is 2. The fraction of sp³-hybridized carbons (Fsp3) is 1.00. The largest absolute Gasteiger partial charge is 0.417 e. The van der Waals surface area contributed by atoms with Gasteiger partial charge in [0.05, 0.1) is 0 Å². The van der Waals surface area contributed by atoms with Crippen molar-refractivity contribution in [2.24, 2.45) is 0 Å². The topological polar surface area (TPSA) is 40.5 Å². The van der Waals surface area contributed by atoms with Crippen LogP contribution < -0.4 is 0 Å². The second kappa shape index (κ2) is 3.40. The summed E-state index contributed by atoms with van der Waals surface area (Å²) < 4.78 is 35.8. The summed E-state index contributed by atoms with van der Waals surface area (Å²) in [6, 6.07) is 0. The Kier molecular flexibility index (Phi) is 3.31. The molecule has 0 aliphatic heterocycles. The maximum absolute atomic E-state index is 11.9. The van der Waals surface area contributed by atoms with Gasteiger partial charge in [0.25, 0.3) is 0 Å². The van der Waals surface area contributed by atoms with E-state index < -0.39 is 31.2 Å². The van der Waals surface area contributed by atoms with Crippen molar-refractivity contribution in [2.45, 2.75) is 31.5 Å². The SMILES string of the molecule is CCC(O)(CCO)C(F)(F)F. The van der Waals surface area contributed by atoms with E-state index in [2.05, 4.69) is 0 Å². The first-order chi connectivity index (χ1) is 4.87. The van der Waals surface area contributed by atoms with Gasteiger partial charge in [0.2, 0.25) is 0 Å². The van der Waals surface area contributed by atoms with Gasteiger partial charge in [-0.1, -0.05) is 6.92 Å². The van der Waals surface area contributed by atoms with Gasteiger partial charge in [-0.15, -0.1) is 0 Å². The van der Waals surface area contributed by atoms with Gasteiger partial charge >= 0.3 is 6.18 Å². The lowest BCUT2D eigenvalue weighted by Crippen LogP contribution is -2.45. The number of alkyl halides is 3. The lowest BCUT2D eigenvalue weighted by atomic mass is 9.96. The molecule has 0 saturated carbocycles. The molecule has 0 aliphatic carbocycles. The van der Waals surface area contributed by atoms with E-state index in [1.54, 1.807) is 0 Å². The van der Waals surface area contributed by atoms with E-state index in [0.29, 0.717) is 0 Å². The summed E-state index contributed by atoms with van der Waals surface area (Å²) in [6.07, 6.45) is -5.74. The van der Waals surface area contributed by atoms with E-state index in [0.717, 1.165) is 0 Å². The van der Waals surface area contributed by atoms with Gasteiger partial charge < -0.3 is 10.2 Å². The zero-order chi connectivity index (χ0) is 9.12.